The van der Waals surface area contributed by atoms with Crippen molar-refractivity contribution in [3.05, 3.63) is 138 Å². The molecule has 0 N–H and O–H groups in total. The van der Waals surface area contributed by atoms with Gasteiger partial charge in [-0.2, -0.15) is 10.5 Å². The maximum atomic E-state index is 9.51. The van der Waals surface area contributed by atoms with E-state index in [1.54, 1.807) is 0 Å². The van der Waals surface area contributed by atoms with E-state index >= 15 is 0 Å². The number of nitrogens with zero attached hydrogens (tertiary/aromatic N) is 2. The van der Waals surface area contributed by atoms with Crippen molar-refractivity contribution in [3.8, 4) is 56.6 Å². The van der Waals surface area contributed by atoms with Gasteiger partial charge < -0.3 is 0 Å². The van der Waals surface area contributed by atoms with Gasteiger partial charge in [0, 0.05) is 54.0 Å². The smallest absolute Gasteiger partial charge is 0.100 e. The molecule has 0 fully saturated rings. The van der Waals surface area contributed by atoms with E-state index in [2.05, 4.69) is 344 Å². The molecule has 0 heterocycles. The Kier molecular flexibility index (Phi) is 17.1. The fraction of sp³-hybridized carbons (Fsp3) is 0.0256. The van der Waals surface area contributed by atoms with E-state index < -0.39 is 0 Å². The average molecular weight is 2030 g/mol. The Balaban J connectivity index is 1.30. The van der Waals surface area contributed by atoms with Gasteiger partial charge in [0.15, 0.2) is 0 Å². The minimum atomic E-state index is 0.713. The van der Waals surface area contributed by atoms with Crippen molar-refractivity contribution >= 4 is 271 Å². The summed E-state index contributed by atoms with van der Waals surface area (Å²) in [6.07, 6.45) is 0.852. The van der Waals surface area contributed by atoms with Crippen LogP contribution in [0, 0.1) is 65.5 Å². The lowest BCUT2D eigenvalue weighted by Gasteiger charge is -2.18. The fourth-order valence-electron chi connectivity index (χ4n) is 5.79. The van der Waals surface area contributed by atoms with Gasteiger partial charge in [0.25, 0.3) is 0 Å². The predicted octanol–water partition coefficient (Wildman–Crippen LogP) is 16.9. The van der Waals surface area contributed by atoms with Crippen LogP contribution in [0.15, 0.2) is 72.8 Å². The highest BCUT2D eigenvalue weighted by atomic mass is 127. The number of halogens is 12. The van der Waals surface area contributed by atoms with Crippen LogP contribution in [0.2, 0.25) is 0 Å². The zero-order valence-electron chi connectivity index (χ0n) is 26.1. The molecule has 0 atom stereocenters. The van der Waals surface area contributed by atoms with Gasteiger partial charge in [0.2, 0.25) is 0 Å². The van der Waals surface area contributed by atoms with Gasteiger partial charge in [-0.3, -0.25) is 0 Å². The van der Waals surface area contributed by atoms with Crippen LogP contribution >= 0.6 is 271 Å². The molecule has 0 radical (unpaired) electrons. The lowest BCUT2D eigenvalue weighted by molar-refractivity contribution is 1.18. The third-order valence-corrected chi connectivity index (χ3v) is 24.8. The van der Waals surface area contributed by atoms with Crippen LogP contribution in [-0.2, 0) is 6.42 Å². The Hall–Kier alpha value is 3.06. The van der Waals surface area contributed by atoms with Crippen molar-refractivity contribution in [2.75, 3.05) is 0 Å². The summed E-state index contributed by atoms with van der Waals surface area (Å²) >= 11 is 29.3. The molecule has 14 heteroatoms. The summed E-state index contributed by atoms with van der Waals surface area (Å²) in [5, 5.41) is 19.0. The first-order valence-electron chi connectivity index (χ1n) is 14.9. The Bertz CT molecular complexity index is 2380. The predicted molar refractivity (Wildman–Crippen MR) is 319 cm³/mol. The van der Waals surface area contributed by atoms with E-state index in [0.717, 1.165) is 31.8 Å². The largest absolute Gasteiger partial charge is 0.192 e. The van der Waals surface area contributed by atoms with Crippen LogP contribution < -0.4 is 0 Å². The molecule has 0 aliphatic carbocycles. The second-order valence-corrected chi connectivity index (χ2v) is 24.7. The van der Waals surface area contributed by atoms with Crippen LogP contribution in [0.1, 0.15) is 22.3 Å². The minimum Gasteiger partial charge on any atom is -0.192 e. The molecule has 0 saturated carbocycles. The molecule has 0 bridgehead atoms. The van der Waals surface area contributed by atoms with E-state index in [0.29, 0.717) is 11.1 Å². The summed E-state index contributed by atoms with van der Waals surface area (Å²) in [6.45, 7) is 0. The molecule has 0 saturated heterocycles. The van der Waals surface area contributed by atoms with E-state index in [1.165, 1.54) is 73.1 Å². The first-order chi connectivity index (χ1) is 25.2. The molecule has 6 rings (SSSR count). The van der Waals surface area contributed by atoms with Crippen molar-refractivity contribution in [3.63, 3.8) is 0 Å². The van der Waals surface area contributed by atoms with Crippen molar-refractivity contribution in [1.82, 2.24) is 0 Å². The Morgan fingerprint density at radius 1 is 0.340 bits per heavy atom. The van der Waals surface area contributed by atoms with Crippen molar-refractivity contribution < 1.29 is 0 Å². The van der Waals surface area contributed by atoms with Crippen LogP contribution in [0.3, 0.4) is 0 Å². The molecule has 53 heavy (non-hydrogen) atoms. The van der Waals surface area contributed by atoms with Gasteiger partial charge in [0.05, 0.1) is 11.1 Å². The molecule has 264 valence electrons. The number of hydrogen-bond acceptors (Lipinski definition) is 2. The zero-order chi connectivity index (χ0) is 38.5. The Morgan fingerprint density at radius 2 is 0.585 bits per heavy atom. The third-order valence-electron chi connectivity index (χ3n) is 8.30. The Morgan fingerprint density at radius 3 is 0.887 bits per heavy atom. The van der Waals surface area contributed by atoms with Gasteiger partial charge in [-0.05, 0) is 358 Å². The van der Waals surface area contributed by atoms with Crippen molar-refractivity contribution in [2.24, 2.45) is 0 Å². The lowest BCUT2D eigenvalue weighted by atomic mass is 9.96. The van der Waals surface area contributed by atoms with Gasteiger partial charge >= 0.3 is 0 Å². The van der Waals surface area contributed by atoms with E-state index in [-0.39, 0.29) is 0 Å². The molecule has 6 aromatic rings. The summed E-state index contributed by atoms with van der Waals surface area (Å²) in [6, 6.07) is 30.9. The molecule has 2 nitrogen and oxygen atoms in total. The van der Waals surface area contributed by atoms with Crippen LogP contribution in [-0.4, -0.2) is 0 Å². The average Bonchev–Trinajstić information content (AvgIpc) is 3.11. The number of rotatable bonds is 6. The zero-order valence-corrected chi connectivity index (χ0v) is 52.0. The van der Waals surface area contributed by atoms with Crippen molar-refractivity contribution in [1.29, 1.82) is 10.5 Å². The second-order valence-electron chi connectivity index (χ2n) is 11.4. The van der Waals surface area contributed by atoms with Crippen LogP contribution in [0.5, 0.6) is 0 Å². The summed E-state index contributed by atoms with van der Waals surface area (Å²) in [4.78, 5) is 0. The molecule has 0 amide bonds. The van der Waals surface area contributed by atoms with Gasteiger partial charge in [-0.25, -0.2) is 0 Å². The summed E-state index contributed by atoms with van der Waals surface area (Å²) in [5.74, 6) is 0. The summed E-state index contributed by atoms with van der Waals surface area (Å²) < 4.78 is 14.1. The molecule has 0 aliphatic heterocycles. The fourth-order valence-corrected chi connectivity index (χ4v) is 16.5. The maximum Gasteiger partial charge on any atom is 0.100 e. The highest BCUT2D eigenvalue weighted by Gasteiger charge is 2.22. The molecule has 6 aromatic carbocycles. The molecular weight excluding hydrogens is 2020 g/mol. The van der Waals surface area contributed by atoms with E-state index in [9.17, 15) is 10.5 Å². The summed E-state index contributed by atoms with van der Waals surface area (Å²) in [7, 11) is 0. The van der Waals surface area contributed by atoms with Crippen molar-refractivity contribution in [2.45, 2.75) is 6.42 Å². The normalized spacial score (nSPS) is 11.1. The number of nitriles is 2. The molecule has 0 unspecified atom stereocenters. The second kappa shape index (κ2) is 19.8. The summed E-state index contributed by atoms with van der Waals surface area (Å²) in [5.41, 5.74) is 13.7. The monoisotopic (exact) mass is 2030 g/mol. The molecular formula is C39H14I12N2. The topological polar surface area (TPSA) is 47.6 Å². The number of hydrogen-bond donors (Lipinski definition) is 0. The maximum absolute atomic E-state index is 9.51. The Labute approximate surface area is 472 Å². The lowest BCUT2D eigenvalue weighted by Crippen LogP contribution is -2.01. The standard InChI is InChI=1S/C39H14I12N2/c40-26-10-16(11-27(41)30(26)24-7-5-22(36(48)38(24)50)20-3-1-18(14-52)32(44)34(20)46)9-17-12-28(42)31(29(43)13-17)25-8-6-23(37(49)39(25)51)21-4-2-19(15-53)33(45)35(21)47/h1-8,10-13H,9H2. The highest BCUT2D eigenvalue weighted by molar-refractivity contribution is 14.1. The van der Waals surface area contributed by atoms with Gasteiger partial charge in [-0.15, -0.1) is 0 Å². The SMILES string of the molecule is N#Cc1ccc(-c2ccc(-c3c(I)cc(Cc4cc(I)c(-c5ccc(-c6ccc(C#N)c(I)c6I)c(I)c5I)c(I)c4)cc3I)c(I)c2I)c(I)c1I. The third kappa shape index (κ3) is 9.60. The van der Waals surface area contributed by atoms with E-state index in [1.807, 2.05) is 12.1 Å². The number of benzene rings is 6. The quantitative estimate of drug-likeness (QED) is 0.156. The van der Waals surface area contributed by atoms with Crippen LogP contribution in [0.25, 0.3) is 44.5 Å². The highest BCUT2D eigenvalue weighted by Crippen LogP contribution is 2.43. The van der Waals surface area contributed by atoms with Gasteiger partial charge in [0.1, 0.15) is 12.1 Å². The first kappa shape index (κ1) is 45.6. The molecule has 0 aliphatic rings. The van der Waals surface area contributed by atoms with Crippen LogP contribution in [0.4, 0.5) is 0 Å². The molecule has 0 aromatic heterocycles. The molecule has 0 spiro atoms. The minimum absolute atomic E-state index is 0.713. The van der Waals surface area contributed by atoms with E-state index in [4.69, 9.17) is 0 Å². The first-order valence-corrected chi connectivity index (χ1v) is 27.8. The van der Waals surface area contributed by atoms with Gasteiger partial charge in [-0.1, -0.05) is 36.4 Å².